The van der Waals surface area contributed by atoms with Crippen LogP contribution >= 0.6 is 11.6 Å². The molecular formula is C16H18ClNO2. The van der Waals surface area contributed by atoms with Gasteiger partial charge in [0, 0.05) is 16.7 Å². The van der Waals surface area contributed by atoms with Gasteiger partial charge in [0.15, 0.2) is 5.78 Å². The summed E-state index contributed by atoms with van der Waals surface area (Å²) in [5.41, 5.74) is 1.97. The van der Waals surface area contributed by atoms with E-state index < -0.39 is 0 Å². The second-order valence-corrected chi connectivity index (χ2v) is 6.29. The van der Waals surface area contributed by atoms with Gasteiger partial charge in [0.1, 0.15) is 0 Å². The lowest BCUT2D eigenvalue weighted by Gasteiger charge is -2.26. The minimum atomic E-state index is -0.242. The van der Waals surface area contributed by atoms with Crippen molar-refractivity contribution in [2.45, 2.75) is 45.4 Å². The van der Waals surface area contributed by atoms with E-state index in [4.69, 9.17) is 11.6 Å². The van der Waals surface area contributed by atoms with Crippen molar-refractivity contribution in [1.82, 2.24) is 0 Å². The molecule has 1 heterocycles. The molecule has 1 fully saturated rings. The molecule has 1 aliphatic carbocycles. The highest BCUT2D eigenvalue weighted by Gasteiger charge is 2.40. The molecule has 1 aromatic carbocycles. The van der Waals surface area contributed by atoms with E-state index in [0.717, 1.165) is 43.4 Å². The van der Waals surface area contributed by atoms with Gasteiger partial charge in [-0.25, -0.2) is 0 Å². The minimum absolute atomic E-state index is 0.0354. The van der Waals surface area contributed by atoms with Crippen LogP contribution in [0.1, 0.15) is 54.9 Å². The first-order valence-corrected chi connectivity index (χ1v) is 7.60. The van der Waals surface area contributed by atoms with Crippen LogP contribution in [0.5, 0.6) is 0 Å². The van der Waals surface area contributed by atoms with Crippen molar-refractivity contribution in [3.8, 4) is 0 Å². The van der Waals surface area contributed by atoms with Crippen molar-refractivity contribution in [3.05, 3.63) is 28.3 Å². The van der Waals surface area contributed by atoms with E-state index >= 15 is 0 Å². The number of benzene rings is 1. The minimum Gasteiger partial charge on any atom is -0.325 e. The molecular weight excluding hydrogens is 274 g/mol. The van der Waals surface area contributed by atoms with Gasteiger partial charge in [-0.15, -0.1) is 0 Å². The van der Waals surface area contributed by atoms with Crippen LogP contribution in [-0.2, 0) is 11.2 Å². The first-order chi connectivity index (χ1) is 9.55. The molecule has 1 amide bonds. The van der Waals surface area contributed by atoms with Gasteiger partial charge in [-0.05, 0) is 37.0 Å². The molecule has 1 saturated carbocycles. The lowest BCUT2D eigenvalue weighted by atomic mass is 9.76. The molecule has 0 aromatic heterocycles. The van der Waals surface area contributed by atoms with Crippen molar-refractivity contribution < 1.29 is 9.59 Å². The summed E-state index contributed by atoms with van der Waals surface area (Å²) in [6.45, 7) is 2.08. The van der Waals surface area contributed by atoms with Crippen molar-refractivity contribution in [2.24, 2.45) is 5.41 Å². The van der Waals surface area contributed by atoms with Crippen molar-refractivity contribution in [2.75, 3.05) is 5.32 Å². The Balaban J connectivity index is 2.00. The normalized spacial score (nSPS) is 19.8. The maximum absolute atomic E-state index is 12.9. The first-order valence-electron chi connectivity index (χ1n) is 7.23. The molecule has 3 nitrogen and oxygen atoms in total. The monoisotopic (exact) mass is 291 g/mol. The molecule has 2 aliphatic rings. The number of amides is 1. The van der Waals surface area contributed by atoms with Crippen LogP contribution in [0.3, 0.4) is 0 Å². The Hall–Kier alpha value is -1.35. The molecule has 1 N–H and O–H groups in total. The Labute approximate surface area is 123 Å². The van der Waals surface area contributed by atoms with Gasteiger partial charge >= 0.3 is 0 Å². The molecule has 3 rings (SSSR count). The Morgan fingerprint density at radius 2 is 2.05 bits per heavy atom. The molecule has 106 valence electrons. The average molecular weight is 292 g/mol. The maximum atomic E-state index is 12.9. The van der Waals surface area contributed by atoms with Crippen LogP contribution in [0.25, 0.3) is 0 Å². The highest BCUT2D eigenvalue weighted by atomic mass is 35.5. The third-order valence-electron chi connectivity index (χ3n) is 4.78. The second-order valence-electron chi connectivity index (χ2n) is 5.88. The highest BCUT2D eigenvalue weighted by Crippen LogP contribution is 2.45. The van der Waals surface area contributed by atoms with Gasteiger partial charge in [0.25, 0.3) is 0 Å². The second kappa shape index (κ2) is 4.88. The number of halogens is 1. The van der Waals surface area contributed by atoms with Crippen LogP contribution in [-0.4, -0.2) is 11.7 Å². The lowest BCUT2D eigenvalue weighted by Crippen LogP contribution is -2.27. The fourth-order valence-electron chi connectivity index (χ4n) is 3.50. The van der Waals surface area contributed by atoms with E-state index in [-0.39, 0.29) is 17.1 Å². The number of nitrogens with one attached hydrogen (secondary N) is 1. The van der Waals surface area contributed by atoms with Gasteiger partial charge in [-0.2, -0.15) is 0 Å². The number of anilines is 1. The molecule has 0 bridgehead atoms. The molecule has 1 aromatic rings. The van der Waals surface area contributed by atoms with Crippen molar-refractivity contribution in [3.63, 3.8) is 0 Å². The fourth-order valence-corrected chi connectivity index (χ4v) is 3.75. The number of ketones is 1. The summed E-state index contributed by atoms with van der Waals surface area (Å²) in [7, 11) is 0. The summed E-state index contributed by atoms with van der Waals surface area (Å²) in [6.07, 6.45) is 5.33. The average Bonchev–Trinajstić information content (AvgIpc) is 3.03. The van der Waals surface area contributed by atoms with E-state index in [1.807, 2.05) is 6.07 Å². The van der Waals surface area contributed by atoms with Gasteiger partial charge in [0.05, 0.1) is 11.4 Å². The summed E-state index contributed by atoms with van der Waals surface area (Å²) in [4.78, 5) is 24.3. The van der Waals surface area contributed by atoms with Crippen LogP contribution in [0, 0.1) is 5.41 Å². The van der Waals surface area contributed by atoms with Crippen LogP contribution in [0.4, 0.5) is 5.69 Å². The Morgan fingerprint density at radius 1 is 1.35 bits per heavy atom. The molecule has 1 aliphatic heterocycles. The molecule has 0 unspecified atom stereocenters. The summed E-state index contributed by atoms with van der Waals surface area (Å²) >= 11 is 6.28. The molecule has 0 spiro atoms. The van der Waals surface area contributed by atoms with Crippen LogP contribution in [0.2, 0.25) is 5.02 Å². The molecule has 0 saturated heterocycles. The highest BCUT2D eigenvalue weighted by molar-refractivity contribution is 6.34. The Morgan fingerprint density at radius 3 is 2.70 bits per heavy atom. The zero-order valence-corrected chi connectivity index (χ0v) is 12.3. The standard InChI is InChI=1S/C16H18ClNO2/c1-2-16(5-3-4-6-16)15(20)11-7-10-8-14(19)18-13(10)9-12(11)17/h7,9H,2-6,8H2,1H3,(H,18,19). The summed E-state index contributed by atoms with van der Waals surface area (Å²) in [5, 5.41) is 3.22. The first kappa shape index (κ1) is 13.6. The van der Waals surface area contributed by atoms with Crippen LogP contribution in [0.15, 0.2) is 12.1 Å². The number of rotatable bonds is 3. The number of carbonyl (C=O) groups excluding carboxylic acids is 2. The van der Waals surface area contributed by atoms with E-state index in [1.54, 1.807) is 6.07 Å². The SMILES string of the molecule is CCC1(C(=O)c2cc3c(cc2Cl)NC(=O)C3)CCCC1. The molecule has 0 atom stereocenters. The zero-order valence-electron chi connectivity index (χ0n) is 11.6. The topological polar surface area (TPSA) is 46.2 Å². The quantitative estimate of drug-likeness (QED) is 0.856. The smallest absolute Gasteiger partial charge is 0.228 e. The summed E-state index contributed by atoms with van der Waals surface area (Å²) < 4.78 is 0. The predicted octanol–water partition coefficient (Wildman–Crippen LogP) is 3.99. The van der Waals surface area contributed by atoms with E-state index in [9.17, 15) is 9.59 Å². The van der Waals surface area contributed by atoms with Gasteiger partial charge < -0.3 is 5.32 Å². The van der Waals surface area contributed by atoms with Gasteiger partial charge in [-0.3, -0.25) is 9.59 Å². The fraction of sp³-hybridized carbons (Fsp3) is 0.500. The largest absolute Gasteiger partial charge is 0.325 e. The van der Waals surface area contributed by atoms with E-state index in [0.29, 0.717) is 17.0 Å². The number of carbonyl (C=O) groups is 2. The summed E-state index contributed by atoms with van der Waals surface area (Å²) in [6, 6.07) is 3.53. The molecule has 4 heteroatoms. The van der Waals surface area contributed by atoms with Gasteiger partial charge in [0.2, 0.25) is 5.91 Å². The summed E-state index contributed by atoms with van der Waals surface area (Å²) in [5.74, 6) is 0.122. The number of Topliss-reactive ketones (excluding diaryl/α,β-unsaturated/α-hetero) is 1. The van der Waals surface area contributed by atoms with Crippen molar-refractivity contribution in [1.29, 1.82) is 0 Å². The third kappa shape index (κ3) is 2.05. The number of fused-ring (bicyclic) bond motifs is 1. The number of hydrogen-bond donors (Lipinski definition) is 1. The Kier molecular flexibility index (Phi) is 3.33. The zero-order chi connectivity index (χ0) is 14.3. The van der Waals surface area contributed by atoms with Gasteiger partial charge in [-0.1, -0.05) is 31.4 Å². The van der Waals surface area contributed by atoms with E-state index in [2.05, 4.69) is 12.2 Å². The van der Waals surface area contributed by atoms with Crippen LogP contribution < -0.4 is 5.32 Å². The Bertz CT molecular complexity index is 588. The lowest BCUT2D eigenvalue weighted by molar-refractivity contribution is -0.115. The van der Waals surface area contributed by atoms with Crippen molar-refractivity contribution >= 4 is 29.0 Å². The number of hydrogen-bond acceptors (Lipinski definition) is 2. The predicted molar refractivity (Wildman–Crippen MR) is 79.3 cm³/mol. The molecule has 20 heavy (non-hydrogen) atoms. The molecule has 0 radical (unpaired) electrons. The maximum Gasteiger partial charge on any atom is 0.228 e. The van der Waals surface area contributed by atoms with E-state index in [1.165, 1.54) is 0 Å². The third-order valence-corrected chi connectivity index (χ3v) is 5.09.